The summed E-state index contributed by atoms with van der Waals surface area (Å²) in [5, 5.41) is 1.05. The molecular formula is C18H23N5O2. The number of hydrogen-bond donors (Lipinski definition) is 2. The Morgan fingerprint density at radius 1 is 1.36 bits per heavy atom. The normalized spacial score (nSPS) is 24.6. The summed E-state index contributed by atoms with van der Waals surface area (Å²) in [6.07, 6.45) is 7.81. The SMILES string of the molecule is CC(C(N)=O)N1CC2CCC(C1)N2C(=O)Cc1c[nH]c2cnccc12. The molecule has 3 unspecified atom stereocenters. The van der Waals surface area contributed by atoms with Gasteiger partial charge in [0.1, 0.15) is 0 Å². The van der Waals surface area contributed by atoms with Crippen molar-refractivity contribution in [1.82, 2.24) is 19.8 Å². The van der Waals surface area contributed by atoms with Crippen molar-refractivity contribution in [3.05, 3.63) is 30.2 Å². The first-order chi connectivity index (χ1) is 12.0. The molecule has 2 aromatic heterocycles. The van der Waals surface area contributed by atoms with E-state index in [1.165, 1.54) is 0 Å². The van der Waals surface area contributed by atoms with Crippen molar-refractivity contribution in [2.45, 2.75) is 44.3 Å². The van der Waals surface area contributed by atoms with Crippen LogP contribution in [0.2, 0.25) is 0 Å². The summed E-state index contributed by atoms with van der Waals surface area (Å²) in [5.74, 6) is -0.136. The molecular weight excluding hydrogens is 318 g/mol. The molecule has 2 aliphatic rings. The maximum Gasteiger partial charge on any atom is 0.234 e. The van der Waals surface area contributed by atoms with Crippen molar-refractivity contribution < 1.29 is 9.59 Å². The van der Waals surface area contributed by atoms with Crippen LogP contribution >= 0.6 is 0 Å². The molecule has 0 radical (unpaired) electrons. The van der Waals surface area contributed by atoms with E-state index in [-0.39, 0.29) is 29.9 Å². The predicted octanol–water partition coefficient (Wildman–Crippen LogP) is 0.654. The van der Waals surface area contributed by atoms with Crippen LogP contribution in [0, 0.1) is 0 Å². The lowest BCUT2D eigenvalue weighted by Crippen LogP contribution is -2.59. The molecule has 2 bridgehead atoms. The lowest BCUT2D eigenvalue weighted by molar-refractivity contribution is -0.137. The highest BCUT2D eigenvalue weighted by atomic mass is 16.2. The highest BCUT2D eigenvalue weighted by Crippen LogP contribution is 2.32. The van der Waals surface area contributed by atoms with Gasteiger partial charge in [0.15, 0.2) is 0 Å². The fraction of sp³-hybridized carbons (Fsp3) is 0.500. The average molecular weight is 341 g/mol. The van der Waals surface area contributed by atoms with E-state index in [0.717, 1.165) is 42.4 Å². The number of fused-ring (bicyclic) bond motifs is 3. The minimum absolute atomic E-state index is 0.164. The van der Waals surface area contributed by atoms with Gasteiger partial charge in [0.05, 0.1) is 24.2 Å². The molecule has 4 rings (SSSR count). The molecule has 7 nitrogen and oxygen atoms in total. The Bertz CT molecular complexity index is 803. The van der Waals surface area contributed by atoms with E-state index in [1.54, 1.807) is 12.4 Å². The van der Waals surface area contributed by atoms with E-state index >= 15 is 0 Å². The Kier molecular flexibility index (Phi) is 3.95. The zero-order valence-electron chi connectivity index (χ0n) is 14.3. The molecule has 132 valence electrons. The molecule has 0 spiro atoms. The fourth-order valence-electron chi connectivity index (χ4n) is 4.27. The van der Waals surface area contributed by atoms with Crippen LogP contribution in [0.3, 0.4) is 0 Å². The molecule has 4 heterocycles. The number of H-pyrrole nitrogens is 1. The van der Waals surface area contributed by atoms with Gasteiger partial charge in [-0.3, -0.25) is 19.5 Å². The summed E-state index contributed by atoms with van der Waals surface area (Å²) in [4.78, 5) is 35.9. The minimum atomic E-state index is -0.299. The first-order valence-electron chi connectivity index (χ1n) is 8.79. The molecule has 0 aromatic carbocycles. The van der Waals surface area contributed by atoms with E-state index in [1.807, 2.05) is 24.1 Å². The monoisotopic (exact) mass is 341 g/mol. The molecule has 2 fully saturated rings. The first kappa shape index (κ1) is 16.1. The molecule has 3 N–H and O–H groups in total. The van der Waals surface area contributed by atoms with Gasteiger partial charge in [-0.25, -0.2) is 0 Å². The number of hydrogen-bond acceptors (Lipinski definition) is 4. The van der Waals surface area contributed by atoms with Crippen molar-refractivity contribution in [1.29, 1.82) is 0 Å². The van der Waals surface area contributed by atoms with Gasteiger partial charge in [-0.15, -0.1) is 0 Å². The van der Waals surface area contributed by atoms with E-state index < -0.39 is 0 Å². The maximum absolute atomic E-state index is 13.0. The van der Waals surface area contributed by atoms with Gasteiger partial charge in [0, 0.05) is 43.0 Å². The summed E-state index contributed by atoms with van der Waals surface area (Å²) in [6.45, 7) is 3.30. The van der Waals surface area contributed by atoms with Gasteiger partial charge >= 0.3 is 0 Å². The molecule has 3 atom stereocenters. The highest BCUT2D eigenvalue weighted by molar-refractivity contribution is 5.88. The number of carbonyl (C=O) groups is 2. The van der Waals surface area contributed by atoms with Crippen LogP contribution in [0.15, 0.2) is 24.7 Å². The fourth-order valence-corrected chi connectivity index (χ4v) is 4.27. The topological polar surface area (TPSA) is 95.3 Å². The third kappa shape index (κ3) is 2.78. The lowest BCUT2D eigenvalue weighted by Gasteiger charge is -2.42. The second-order valence-electron chi connectivity index (χ2n) is 7.13. The molecule has 7 heteroatoms. The van der Waals surface area contributed by atoms with E-state index in [0.29, 0.717) is 6.42 Å². The Balaban J connectivity index is 1.49. The van der Waals surface area contributed by atoms with Gasteiger partial charge in [-0.1, -0.05) is 0 Å². The highest BCUT2D eigenvalue weighted by Gasteiger charge is 2.43. The predicted molar refractivity (Wildman–Crippen MR) is 93.7 cm³/mol. The Morgan fingerprint density at radius 2 is 2.08 bits per heavy atom. The zero-order chi connectivity index (χ0) is 17.6. The van der Waals surface area contributed by atoms with Crippen LogP contribution in [0.25, 0.3) is 10.9 Å². The van der Waals surface area contributed by atoms with Crippen LogP contribution in [-0.2, 0) is 16.0 Å². The van der Waals surface area contributed by atoms with Crippen molar-refractivity contribution >= 4 is 22.7 Å². The number of aromatic nitrogens is 2. The summed E-state index contributed by atoms with van der Waals surface area (Å²) in [7, 11) is 0. The molecule has 2 aliphatic heterocycles. The Hall–Kier alpha value is -2.41. The number of primary amides is 1. The molecule has 0 saturated carbocycles. The summed E-state index contributed by atoms with van der Waals surface area (Å²) in [5.41, 5.74) is 7.41. The van der Waals surface area contributed by atoms with Crippen LogP contribution in [0.5, 0.6) is 0 Å². The minimum Gasteiger partial charge on any atom is -0.368 e. The smallest absolute Gasteiger partial charge is 0.234 e. The second kappa shape index (κ2) is 6.15. The summed E-state index contributed by atoms with van der Waals surface area (Å²) in [6, 6.07) is 2.02. The Labute approximate surface area is 146 Å². The molecule has 0 aliphatic carbocycles. The van der Waals surface area contributed by atoms with Crippen molar-refractivity contribution in [2.75, 3.05) is 13.1 Å². The number of nitrogens with two attached hydrogens (primary N) is 1. The number of nitrogens with one attached hydrogen (secondary N) is 1. The van der Waals surface area contributed by atoms with Gasteiger partial charge in [0.2, 0.25) is 11.8 Å². The average Bonchev–Trinajstić information content (AvgIpc) is 3.12. The lowest BCUT2D eigenvalue weighted by atomic mass is 10.1. The number of piperazine rings is 1. The van der Waals surface area contributed by atoms with E-state index in [9.17, 15) is 9.59 Å². The van der Waals surface area contributed by atoms with Crippen molar-refractivity contribution in [2.24, 2.45) is 5.73 Å². The second-order valence-corrected chi connectivity index (χ2v) is 7.13. The largest absolute Gasteiger partial charge is 0.368 e. The Morgan fingerprint density at radius 3 is 2.76 bits per heavy atom. The molecule has 2 saturated heterocycles. The number of pyridine rings is 1. The third-order valence-electron chi connectivity index (χ3n) is 5.67. The zero-order valence-corrected chi connectivity index (χ0v) is 14.3. The van der Waals surface area contributed by atoms with Crippen molar-refractivity contribution in [3.8, 4) is 0 Å². The quantitative estimate of drug-likeness (QED) is 0.854. The van der Waals surface area contributed by atoms with E-state index in [2.05, 4.69) is 14.9 Å². The summed E-state index contributed by atoms with van der Waals surface area (Å²) < 4.78 is 0. The standard InChI is InChI=1S/C18H23N5O2/c1-11(18(19)25)22-9-13-2-3-14(10-22)23(13)17(24)6-12-7-21-16-8-20-5-4-15(12)16/h4-5,7-8,11,13-14,21H,2-3,6,9-10H2,1H3,(H2,19,25). The van der Waals surface area contributed by atoms with Gasteiger partial charge in [-0.05, 0) is 31.4 Å². The molecule has 2 aromatic rings. The number of nitrogens with zero attached hydrogens (tertiary/aromatic N) is 3. The third-order valence-corrected chi connectivity index (χ3v) is 5.67. The van der Waals surface area contributed by atoms with Gasteiger partial charge in [-0.2, -0.15) is 0 Å². The van der Waals surface area contributed by atoms with Crippen LogP contribution in [0.1, 0.15) is 25.3 Å². The first-order valence-corrected chi connectivity index (χ1v) is 8.79. The molecule has 2 amide bonds. The number of carbonyl (C=O) groups excluding carboxylic acids is 2. The van der Waals surface area contributed by atoms with Crippen LogP contribution in [0.4, 0.5) is 0 Å². The number of rotatable bonds is 4. The van der Waals surface area contributed by atoms with E-state index in [4.69, 9.17) is 5.73 Å². The molecule has 25 heavy (non-hydrogen) atoms. The van der Waals surface area contributed by atoms with Crippen LogP contribution < -0.4 is 5.73 Å². The maximum atomic E-state index is 13.0. The van der Waals surface area contributed by atoms with Crippen molar-refractivity contribution in [3.63, 3.8) is 0 Å². The van der Waals surface area contributed by atoms with Crippen LogP contribution in [-0.4, -0.2) is 62.8 Å². The number of amides is 2. The summed E-state index contributed by atoms with van der Waals surface area (Å²) >= 11 is 0. The number of aromatic amines is 1. The number of likely N-dealkylation sites (tertiary alicyclic amines) is 1. The van der Waals surface area contributed by atoms with Gasteiger partial charge in [0.25, 0.3) is 0 Å². The van der Waals surface area contributed by atoms with Gasteiger partial charge < -0.3 is 15.6 Å².